The average Bonchev–Trinajstić information content (AvgIpc) is 3.12. The van der Waals surface area contributed by atoms with Crippen molar-refractivity contribution in [3.8, 4) is 5.75 Å². The molecule has 6 rings (SSSR count). The van der Waals surface area contributed by atoms with Crippen LogP contribution in [0, 0.1) is 0 Å². The van der Waals surface area contributed by atoms with Crippen LogP contribution in [0.15, 0.2) is 79.0 Å². The van der Waals surface area contributed by atoms with Gasteiger partial charge in [-0.05, 0) is 35.9 Å². The summed E-state index contributed by atoms with van der Waals surface area (Å²) < 4.78 is 47.7. The van der Waals surface area contributed by atoms with Crippen LogP contribution in [-0.2, 0) is 17.5 Å². The number of nitrogens with one attached hydrogen (secondary N) is 4. The predicted molar refractivity (Wildman–Crippen MR) is 188 cm³/mol. The van der Waals surface area contributed by atoms with E-state index in [1.54, 1.807) is 23.1 Å². The van der Waals surface area contributed by atoms with Gasteiger partial charge in [0.2, 0.25) is 5.91 Å². The quantitative estimate of drug-likeness (QED) is 0.164. The lowest BCUT2D eigenvalue weighted by Crippen LogP contribution is -2.50. The molecule has 12 nitrogen and oxygen atoms in total. The molecule has 2 saturated heterocycles. The number of anilines is 6. The first-order valence-electron chi connectivity index (χ1n) is 16.3. The molecule has 0 bridgehead atoms. The highest BCUT2D eigenvalue weighted by molar-refractivity contribution is 6.06. The Balaban J connectivity index is 1.14. The molecule has 0 radical (unpaired) electrons. The number of piperazine rings is 1. The van der Waals surface area contributed by atoms with Gasteiger partial charge in [0, 0.05) is 82.4 Å². The normalized spacial score (nSPS) is 15.3. The largest absolute Gasteiger partial charge is 0.494 e. The van der Waals surface area contributed by atoms with Gasteiger partial charge in [0.1, 0.15) is 11.6 Å². The number of urea groups is 1. The summed E-state index contributed by atoms with van der Waals surface area (Å²) in [6.45, 7) is 3.95. The summed E-state index contributed by atoms with van der Waals surface area (Å²) in [6.07, 6.45) is -3.70. The van der Waals surface area contributed by atoms with Gasteiger partial charge in [-0.25, -0.2) is 9.78 Å². The van der Waals surface area contributed by atoms with E-state index in [0.717, 1.165) is 49.3 Å². The van der Waals surface area contributed by atoms with Crippen LogP contribution < -0.4 is 35.8 Å². The third kappa shape index (κ3) is 7.99. The number of aromatic nitrogens is 1. The summed E-state index contributed by atoms with van der Waals surface area (Å²) >= 11 is 0. The number of halogens is 3. The Morgan fingerprint density at radius 3 is 2.37 bits per heavy atom. The summed E-state index contributed by atoms with van der Waals surface area (Å²) in [6, 6.07) is 20.4. The van der Waals surface area contributed by atoms with Crippen molar-refractivity contribution in [2.75, 3.05) is 67.3 Å². The van der Waals surface area contributed by atoms with E-state index < -0.39 is 23.7 Å². The molecule has 0 unspecified atom stereocenters. The van der Waals surface area contributed by atoms with Gasteiger partial charge in [0.05, 0.1) is 35.3 Å². The molecule has 51 heavy (non-hydrogen) atoms. The fourth-order valence-electron chi connectivity index (χ4n) is 6.15. The molecule has 3 heterocycles. The average molecular weight is 703 g/mol. The molecule has 1 aromatic heterocycles. The molecule has 3 aromatic carbocycles. The second-order valence-corrected chi connectivity index (χ2v) is 12.0. The van der Waals surface area contributed by atoms with Crippen LogP contribution in [0.3, 0.4) is 0 Å². The van der Waals surface area contributed by atoms with Crippen molar-refractivity contribution in [1.29, 1.82) is 0 Å². The smallest absolute Gasteiger partial charge is 0.419 e. The van der Waals surface area contributed by atoms with Gasteiger partial charge in [-0.15, -0.1) is 0 Å². The minimum Gasteiger partial charge on any atom is -0.494 e. The molecule has 4 N–H and O–H groups in total. The van der Waals surface area contributed by atoms with Crippen LogP contribution >= 0.6 is 0 Å². The number of ether oxygens (including phenoxy) is 1. The molecule has 4 amide bonds. The minimum atomic E-state index is -4.70. The lowest BCUT2D eigenvalue weighted by Gasteiger charge is -2.37. The van der Waals surface area contributed by atoms with E-state index in [1.807, 2.05) is 36.4 Å². The number of para-hydroxylation sites is 2. The zero-order valence-corrected chi connectivity index (χ0v) is 28.0. The number of hydrogen-bond acceptors (Lipinski definition) is 9. The summed E-state index contributed by atoms with van der Waals surface area (Å²) in [7, 11) is 2.96. The molecule has 2 aliphatic rings. The van der Waals surface area contributed by atoms with Gasteiger partial charge < -0.3 is 25.6 Å². The number of methoxy groups -OCH3 is 1. The highest BCUT2D eigenvalue weighted by Crippen LogP contribution is 2.39. The Morgan fingerprint density at radius 1 is 0.902 bits per heavy atom. The topological polar surface area (TPSA) is 131 Å². The Morgan fingerprint density at radius 2 is 1.65 bits per heavy atom. The zero-order valence-electron chi connectivity index (χ0n) is 28.0. The molecule has 4 aromatic rings. The second kappa shape index (κ2) is 15.0. The predicted octanol–water partition coefficient (Wildman–Crippen LogP) is 5.72. The fraction of sp³-hybridized carbons (Fsp3) is 0.278. The maximum absolute atomic E-state index is 14.0. The highest BCUT2D eigenvalue weighted by Gasteiger charge is 2.35. The number of alkyl halides is 3. The van der Waals surface area contributed by atoms with Gasteiger partial charge in [0.15, 0.2) is 0 Å². The number of carbonyl (C=O) groups excluding carboxylic acids is 3. The maximum atomic E-state index is 14.0. The number of nitrogens with zero attached hydrogens (tertiary/aromatic N) is 4. The molecule has 266 valence electrons. The van der Waals surface area contributed by atoms with E-state index in [0.29, 0.717) is 24.5 Å². The highest BCUT2D eigenvalue weighted by atomic mass is 19.4. The van der Waals surface area contributed by atoms with Crippen molar-refractivity contribution >= 4 is 52.1 Å². The number of pyridine rings is 1. The Kier molecular flexibility index (Phi) is 10.3. The third-order valence-electron chi connectivity index (χ3n) is 8.79. The van der Waals surface area contributed by atoms with Gasteiger partial charge >= 0.3 is 12.2 Å². The molecular weight excluding hydrogens is 665 g/mol. The van der Waals surface area contributed by atoms with Crippen LogP contribution in [0.1, 0.15) is 27.9 Å². The van der Waals surface area contributed by atoms with Crippen LogP contribution in [-0.4, -0.2) is 74.6 Å². The van der Waals surface area contributed by atoms with Gasteiger partial charge in [0.25, 0.3) is 5.91 Å². The monoisotopic (exact) mass is 702 g/mol. The molecular formula is C36H37F3N8O4. The Hall–Kier alpha value is -5.83. The van der Waals surface area contributed by atoms with Crippen molar-refractivity contribution in [1.82, 2.24) is 20.5 Å². The fourth-order valence-corrected chi connectivity index (χ4v) is 6.15. The lowest BCUT2D eigenvalue weighted by atomic mass is 10.1. The first kappa shape index (κ1) is 35.0. The molecule has 0 spiro atoms. The number of benzene rings is 3. The summed E-state index contributed by atoms with van der Waals surface area (Å²) in [5, 5.41) is 10.7. The van der Waals surface area contributed by atoms with Crippen LogP contribution in [0.2, 0.25) is 0 Å². The summed E-state index contributed by atoms with van der Waals surface area (Å²) in [5.74, 6) is -0.108. The van der Waals surface area contributed by atoms with E-state index in [1.165, 1.54) is 32.4 Å². The summed E-state index contributed by atoms with van der Waals surface area (Å²) in [5.41, 5.74) is 2.34. The van der Waals surface area contributed by atoms with Crippen molar-refractivity contribution in [3.05, 3.63) is 95.7 Å². The van der Waals surface area contributed by atoms with Gasteiger partial charge in [-0.3, -0.25) is 24.7 Å². The number of carbonyl (C=O) groups is 3. The van der Waals surface area contributed by atoms with Crippen molar-refractivity contribution in [2.24, 2.45) is 0 Å². The van der Waals surface area contributed by atoms with E-state index in [4.69, 9.17) is 4.74 Å². The Bertz CT molecular complexity index is 1930. The number of hydrogen-bond donors (Lipinski definition) is 4. The molecule has 15 heteroatoms. The van der Waals surface area contributed by atoms with Crippen LogP contribution in [0.4, 0.5) is 52.2 Å². The van der Waals surface area contributed by atoms with E-state index in [9.17, 15) is 27.6 Å². The molecule has 0 aliphatic carbocycles. The third-order valence-corrected chi connectivity index (χ3v) is 8.79. The van der Waals surface area contributed by atoms with Crippen LogP contribution in [0.5, 0.6) is 5.75 Å². The molecule has 2 aliphatic heterocycles. The van der Waals surface area contributed by atoms with Crippen molar-refractivity contribution in [2.45, 2.75) is 19.1 Å². The Labute approximate surface area is 292 Å². The molecule has 2 fully saturated rings. The standard InChI is InChI=1S/C36H37F3N8O4/c1-40-34(49)25-8-4-5-9-27(25)42-29-20-32(41-21-26(29)36(37,38)39)43-28-12-11-24(19-31(28)51-2)46-17-15-45(16-18-46)22-23-7-3-6-10-30(23)47-14-13-33(48)44-35(47)50/h3-12,19-21H,13-18,22H2,1-2H3,(H,40,49)(H2,41,42,43)(H,44,48,50). The number of imide groups is 1. The van der Waals surface area contributed by atoms with E-state index in [-0.39, 0.29) is 35.1 Å². The number of amides is 4. The first-order valence-corrected chi connectivity index (χ1v) is 16.3. The number of rotatable bonds is 10. The second-order valence-electron chi connectivity index (χ2n) is 12.0. The first-order chi connectivity index (χ1) is 24.5. The minimum absolute atomic E-state index is 0.136. The maximum Gasteiger partial charge on any atom is 0.419 e. The SMILES string of the molecule is CNC(=O)c1ccccc1Nc1cc(Nc2ccc(N3CCN(Cc4ccccc4N4CCC(=O)NC4=O)CC3)cc2OC)ncc1C(F)(F)F. The summed E-state index contributed by atoms with van der Waals surface area (Å²) in [4.78, 5) is 46.7. The van der Waals surface area contributed by atoms with Gasteiger partial charge in [-0.1, -0.05) is 30.3 Å². The molecule has 0 atom stereocenters. The lowest BCUT2D eigenvalue weighted by molar-refractivity contribution is -0.137. The van der Waals surface area contributed by atoms with E-state index >= 15 is 0 Å². The van der Waals surface area contributed by atoms with Crippen molar-refractivity contribution in [3.63, 3.8) is 0 Å². The van der Waals surface area contributed by atoms with E-state index in [2.05, 4.69) is 36.1 Å². The van der Waals surface area contributed by atoms with Crippen LogP contribution in [0.25, 0.3) is 0 Å². The zero-order chi connectivity index (χ0) is 36.1. The van der Waals surface area contributed by atoms with Gasteiger partial charge in [-0.2, -0.15) is 13.2 Å². The van der Waals surface area contributed by atoms with Crippen molar-refractivity contribution < 1.29 is 32.3 Å². The molecule has 0 saturated carbocycles.